The van der Waals surface area contributed by atoms with E-state index in [1.807, 2.05) is 23.2 Å². The molecule has 4 rings (SSSR count). The predicted molar refractivity (Wildman–Crippen MR) is 94.1 cm³/mol. The van der Waals surface area contributed by atoms with E-state index in [9.17, 15) is 4.79 Å². The van der Waals surface area contributed by atoms with Crippen LogP contribution in [0, 0.1) is 0 Å². The van der Waals surface area contributed by atoms with Crippen LogP contribution in [-0.4, -0.2) is 66.0 Å². The first kappa shape index (κ1) is 15.7. The molecule has 0 N–H and O–H groups in total. The third-order valence-electron chi connectivity index (χ3n) is 4.74. The molecule has 126 valence electrons. The van der Waals surface area contributed by atoms with Crippen molar-refractivity contribution in [2.75, 3.05) is 44.2 Å². The Balaban J connectivity index is 1.27. The van der Waals surface area contributed by atoms with Crippen molar-refractivity contribution in [3.05, 3.63) is 47.0 Å². The summed E-state index contributed by atoms with van der Waals surface area (Å²) >= 11 is 3.23. The number of hydrogen-bond acceptors (Lipinski definition) is 5. The van der Waals surface area contributed by atoms with Gasteiger partial charge in [-0.05, 0) is 40.2 Å². The van der Waals surface area contributed by atoms with E-state index >= 15 is 0 Å². The number of rotatable bonds is 3. The van der Waals surface area contributed by atoms with Crippen molar-refractivity contribution < 1.29 is 9.21 Å². The highest BCUT2D eigenvalue weighted by molar-refractivity contribution is 9.10. The molecule has 0 bridgehead atoms. The molecule has 2 fully saturated rings. The Bertz CT molecular complexity index is 706. The monoisotopic (exact) mass is 390 g/mol. The molecule has 24 heavy (non-hydrogen) atoms. The van der Waals surface area contributed by atoms with Crippen molar-refractivity contribution >= 4 is 27.7 Å². The Morgan fingerprint density at radius 1 is 1.12 bits per heavy atom. The van der Waals surface area contributed by atoms with Crippen LogP contribution in [0.4, 0.5) is 5.82 Å². The average molecular weight is 391 g/mol. The van der Waals surface area contributed by atoms with Crippen molar-refractivity contribution in [1.29, 1.82) is 0 Å². The molecule has 2 aromatic heterocycles. The van der Waals surface area contributed by atoms with Crippen molar-refractivity contribution in [2.45, 2.75) is 6.04 Å². The number of halogens is 1. The third kappa shape index (κ3) is 3.06. The van der Waals surface area contributed by atoms with Crippen LogP contribution in [0.1, 0.15) is 10.6 Å². The summed E-state index contributed by atoms with van der Waals surface area (Å²) in [7, 11) is 0. The van der Waals surface area contributed by atoms with E-state index in [0.29, 0.717) is 16.5 Å². The van der Waals surface area contributed by atoms with E-state index < -0.39 is 0 Å². The summed E-state index contributed by atoms with van der Waals surface area (Å²) in [4.78, 5) is 23.3. The number of carbonyl (C=O) groups excluding carboxylic acids is 1. The summed E-state index contributed by atoms with van der Waals surface area (Å²) in [6, 6.07) is 9.94. The molecular weight excluding hydrogens is 372 g/mol. The van der Waals surface area contributed by atoms with Gasteiger partial charge in [0.05, 0.1) is 0 Å². The minimum Gasteiger partial charge on any atom is -0.444 e. The van der Waals surface area contributed by atoms with Gasteiger partial charge < -0.3 is 14.2 Å². The van der Waals surface area contributed by atoms with E-state index in [-0.39, 0.29) is 5.91 Å². The smallest absolute Gasteiger partial charge is 0.289 e. The zero-order valence-corrected chi connectivity index (χ0v) is 14.9. The fourth-order valence-corrected chi connectivity index (χ4v) is 3.60. The first-order valence-electron chi connectivity index (χ1n) is 8.15. The molecule has 0 unspecified atom stereocenters. The van der Waals surface area contributed by atoms with Crippen LogP contribution in [0.3, 0.4) is 0 Å². The molecule has 4 heterocycles. The fraction of sp³-hybridized carbons (Fsp3) is 0.412. The average Bonchev–Trinajstić information content (AvgIpc) is 3.01. The van der Waals surface area contributed by atoms with Gasteiger partial charge in [0.1, 0.15) is 5.82 Å². The number of pyridine rings is 1. The first-order chi connectivity index (χ1) is 11.7. The maximum absolute atomic E-state index is 12.3. The number of carbonyl (C=O) groups is 1. The molecule has 0 radical (unpaired) electrons. The lowest BCUT2D eigenvalue weighted by molar-refractivity contribution is 0.0222. The predicted octanol–water partition coefficient (Wildman–Crippen LogP) is 2.08. The van der Waals surface area contributed by atoms with Gasteiger partial charge in [0.15, 0.2) is 10.4 Å². The molecule has 2 aromatic rings. The van der Waals surface area contributed by atoms with Crippen LogP contribution in [0.5, 0.6) is 0 Å². The second-order valence-electron chi connectivity index (χ2n) is 6.18. The number of anilines is 1. The lowest BCUT2D eigenvalue weighted by Crippen LogP contribution is -2.64. The Hall–Kier alpha value is -1.86. The Labute approximate surface area is 149 Å². The molecule has 7 heteroatoms. The fourth-order valence-electron chi connectivity index (χ4n) is 3.29. The molecule has 2 aliphatic rings. The van der Waals surface area contributed by atoms with Crippen molar-refractivity contribution in [3.8, 4) is 0 Å². The Morgan fingerprint density at radius 2 is 1.92 bits per heavy atom. The number of furan rings is 1. The van der Waals surface area contributed by atoms with Gasteiger partial charge in [-0.3, -0.25) is 9.69 Å². The second kappa shape index (κ2) is 6.57. The minimum atomic E-state index is -0.0240. The van der Waals surface area contributed by atoms with Gasteiger partial charge in [-0.25, -0.2) is 4.98 Å². The summed E-state index contributed by atoms with van der Waals surface area (Å²) < 4.78 is 5.94. The molecule has 2 saturated heterocycles. The van der Waals surface area contributed by atoms with Crippen LogP contribution in [0.25, 0.3) is 0 Å². The maximum atomic E-state index is 12.3. The lowest BCUT2D eigenvalue weighted by atomic mass is 10.1. The van der Waals surface area contributed by atoms with E-state index in [0.717, 1.165) is 45.1 Å². The second-order valence-corrected chi connectivity index (χ2v) is 6.96. The SMILES string of the molecule is O=C(c1ccc(Br)o1)N1CC(N2CCN(c3ccccn3)CC2)C1. The summed E-state index contributed by atoms with van der Waals surface area (Å²) in [6.07, 6.45) is 1.84. The third-order valence-corrected chi connectivity index (χ3v) is 5.16. The van der Waals surface area contributed by atoms with Gasteiger partial charge in [-0.15, -0.1) is 0 Å². The van der Waals surface area contributed by atoms with E-state index in [1.165, 1.54) is 0 Å². The molecule has 0 saturated carbocycles. The topological polar surface area (TPSA) is 52.8 Å². The summed E-state index contributed by atoms with van der Waals surface area (Å²) in [5, 5.41) is 0. The molecular formula is C17H19BrN4O2. The Morgan fingerprint density at radius 3 is 2.54 bits per heavy atom. The summed E-state index contributed by atoms with van der Waals surface area (Å²) in [5.74, 6) is 1.43. The Kier molecular flexibility index (Phi) is 4.28. The molecule has 2 aliphatic heterocycles. The summed E-state index contributed by atoms with van der Waals surface area (Å²) in [5.41, 5.74) is 0. The normalized spacial score (nSPS) is 19.4. The number of hydrogen-bond donors (Lipinski definition) is 0. The standard InChI is InChI=1S/C17H19BrN4O2/c18-15-5-4-14(24-15)17(23)22-11-13(12-22)20-7-9-21(10-8-20)16-3-1-2-6-19-16/h1-6,13H,7-12H2. The van der Waals surface area contributed by atoms with Gasteiger partial charge in [0.25, 0.3) is 5.91 Å². The summed E-state index contributed by atoms with van der Waals surface area (Å²) in [6.45, 7) is 5.53. The molecule has 6 nitrogen and oxygen atoms in total. The number of aromatic nitrogens is 1. The number of nitrogens with zero attached hydrogens (tertiary/aromatic N) is 4. The van der Waals surface area contributed by atoms with Crippen molar-refractivity contribution in [3.63, 3.8) is 0 Å². The minimum absolute atomic E-state index is 0.0240. The quantitative estimate of drug-likeness (QED) is 0.802. The van der Waals surface area contributed by atoms with Crippen LogP contribution < -0.4 is 4.90 Å². The number of amides is 1. The zero-order valence-electron chi connectivity index (χ0n) is 13.3. The number of likely N-dealkylation sites (tertiary alicyclic amines) is 1. The van der Waals surface area contributed by atoms with Gasteiger partial charge in [0.2, 0.25) is 0 Å². The maximum Gasteiger partial charge on any atom is 0.289 e. The van der Waals surface area contributed by atoms with Gasteiger partial charge in [-0.1, -0.05) is 6.07 Å². The van der Waals surface area contributed by atoms with Crippen molar-refractivity contribution in [2.24, 2.45) is 0 Å². The van der Waals surface area contributed by atoms with Gasteiger partial charge >= 0.3 is 0 Å². The first-order valence-corrected chi connectivity index (χ1v) is 8.94. The zero-order chi connectivity index (χ0) is 16.5. The van der Waals surface area contributed by atoms with Crippen LogP contribution in [-0.2, 0) is 0 Å². The van der Waals surface area contributed by atoms with Gasteiger partial charge in [-0.2, -0.15) is 0 Å². The van der Waals surface area contributed by atoms with E-state index in [2.05, 4.69) is 36.8 Å². The molecule has 0 spiro atoms. The highest BCUT2D eigenvalue weighted by atomic mass is 79.9. The highest BCUT2D eigenvalue weighted by Gasteiger charge is 2.37. The van der Waals surface area contributed by atoms with E-state index in [4.69, 9.17) is 4.42 Å². The van der Waals surface area contributed by atoms with Crippen LogP contribution in [0.15, 0.2) is 45.6 Å². The largest absolute Gasteiger partial charge is 0.444 e. The highest BCUT2D eigenvalue weighted by Crippen LogP contribution is 2.22. The number of piperazine rings is 1. The van der Waals surface area contributed by atoms with E-state index in [1.54, 1.807) is 12.1 Å². The molecule has 0 aromatic carbocycles. The van der Waals surface area contributed by atoms with Crippen LogP contribution in [0.2, 0.25) is 0 Å². The molecule has 1 amide bonds. The van der Waals surface area contributed by atoms with Crippen LogP contribution >= 0.6 is 15.9 Å². The van der Waals surface area contributed by atoms with Crippen molar-refractivity contribution in [1.82, 2.24) is 14.8 Å². The van der Waals surface area contributed by atoms with Gasteiger partial charge in [0, 0.05) is 51.5 Å². The lowest BCUT2D eigenvalue weighted by Gasteiger charge is -2.48. The molecule has 0 atom stereocenters. The molecule has 0 aliphatic carbocycles.